The average molecular weight is 332 g/mol. The van der Waals surface area contributed by atoms with Gasteiger partial charge in [0.15, 0.2) is 0 Å². The van der Waals surface area contributed by atoms with E-state index in [0.717, 1.165) is 23.0 Å². The number of aliphatic hydroxyl groups is 1. The zero-order valence-electron chi connectivity index (χ0n) is 11.5. The third-order valence-corrected chi connectivity index (χ3v) is 4.54. The summed E-state index contributed by atoms with van der Waals surface area (Å²) in [5, 5.41) is 9.72. The topological polar surface area (TPSA) is 23.5 Å². The van der Waals surface area contributed by atoms with E-state index in [0.29, 0.717) is 0 Å². The summed E-state index contributed by atoms with van der Waals surface area (Å²) in [5.41, 5.74) is 4.82. The molecule has 0 saturated heterocycles. The molecule has 104 valence electrons. The molecule has 2 nitrogen and oxygen atoms in total. The number of fused-ring (bicyclic) bond motifs is 1. The van der Waals surface area contributed by atoms with Crippen LogP contribution in [0.4, 0.5) is 11.4 Å². The normalized spacial score (nSPS) is 15.8. The van der Waals surface area contributed by atoms with Crippen LogP contribution in [0.15, 0.2) is 46.9 Å². The molecule has 1 aliphatic heterocycles. The molecule has 3 rings (SSSR count). The van der Waals surface area contributed by atoms with Crippen LogP contribution in [0, 0.1) is 0 Å². The van der Waals surface area contributed by atoms with Gasteiger partial charge in [0.25, 0.3) is 0 Å². The number of benzene rings is 2. The zero-order valence-corrected chi connectivity index (χ0v) is 13.1. The van der Waals surface area contributed by atoms with E-state index in [-0.39, 0.29) is 0 Å². The number of hydrogen-bond acceptors (Lipinski definition) is 2. The van der Waals surface area contributed by atoms with Crippen molar-refractivity contribution in [2.75, 3.05) is 11.4 Å². The molecule has 0 aromatic heterocycles. The largest absolute Gasteiger partial charge is 0.389 e. The summed E-state index contributed by atoms with van der Waals surface area (Å²) in [5.74, 6) is 0. The number of aliphatic hydroxyl groups excluding tert-OH is 1. The fourth-order valence-corrected chi connectivity index (χ4v) is 3.52. The Morgan fingerprint density at radius 1 is 1.20 bits per heavy atom. The van der Waals surface area contributed by atoms with E-state index in [4.69, 9.17) is 0 Å². The molecule has 1 aliphatic rings. The number of halogens is 1. The molecule has 1 N–H and O–H groups in total. The highest BCUT2D eigenvalue weighted by molar-refractivity contribution is 9.10. The predicted octanol–water partition coefficient (Wildman–Crippen LogP) is 4.59. The van der Waals surface area contributed by atoms with Crippen molar-refractivity contribution in [1.29, 1.82) is 0 Å². The van der Waals surface area contributed by atoms with Gasteiger partial charge in [0.2, 0.25) is 0 Å². The van der Waals surface area contributed by atoms with Crippen LogP contribution < -0.4 is 4.90 Å². The molecule has 0 aliphatic carbocycles. The van der Waals surface area contributed by atoms with Gasteiger partial charge in [0, 0.05) is 22.4 Å². The minimum absolute atomic E-state index is 0.452. The van der Waals surface area contributed by atoms with Crippen molar-refractivity contribution in [3.05, 3.63) is 58.1 Å². The Morgan fingerprint density at radius 2 is 2.00 bits per heavy atom. The lowest BCUT2D eigenvalue weighted by Crippen LogP contribution is -2.24. The van der Waals surface area contributed by atoms with Crippen molar-refractivity contribution in [2.24, 2.45) is 0 Å². The van der Waals surface area contributed by atoms with Crippen molar-refractivity contribution in [2.45, 2.75) is 25.9 Å². The fourth-order valence-electron chi connectivity index (χ4n) is 2.82. The second kappa shape index (κ2) is 5.58. The molecule has 1 heterocycles. The molecule has 0 amide bonds. The lowest BCUT2D eigenvalue weighted by molar-refractivity contribution is 0.198. The highest BCUT2D eigenvalue weighted by Gasteiger charge is 2.18. The van der Waals surface area contributed by atoms with Crippen molar-refractivity contribution in [1.82, 2.24) is 0 Å². The van der Waals surface area contributed by atoms with E-state index in [2.05, 4.69) is 57.2 Å². The van der Waals surface area contributed by atoms with E-state index in [9.17, 15) is 5.11 Å². The Morgan fingerprint density at radius 3 is 2.75 bits per heavy atom. The SMILES string of the molecule is C[C@H](O)c1ccc(N2CCCc3ccccc32)cc1Br. The van der Waals surface area contributed by atoms with Crippen molar-refractivity contribution < 1.29 is 5.11 Å². The van der Waals surface area contributed by atoms with Gasteiger partial charge in [-0.1, -0.05) is 40.2 Å². The third kappa shape index (κ3) is 2.48. The Hall–Kier alpha value is -1.32. The first-order valence-corrected chi connectivity index (χ1v) is 7.79. The van der Waals surface area contributed by atoms with Gasteiger partial charge in [-0.25, -0.2) is 0 Å². The Kier molecular flexibility index (Phi) is 3.81. The number of anilines is 2. The van der Waals surface area contributed by atoms with Gasteiger partial charge >= 0.3 is 0 Å². The predicted molar refractivity (Wildman–Crippen MR) is 86.5 cm³/mol. The van der Waals surface area contributed by atoms with Crippen LogP contribution >= 0.6 is 15.9 Å². The van der Waals surface area contributed by atoms with Gasteiger partial charge in [0.1, 0.15) is 0 Å². The Balaban J connectivity index is 2.00. The zero-order chi connectivity index (χ0) is 14.1. The van der Waals surface area contributed by atoms with Crippen molar-refractivity contribution >= 4 is 27.3 Å². The minimum atomic E-state index is -0.452. The molecule has 2 aromatic carbocycles. The molecule has 20 heavy (non-hydrogen) atoms. The highest BCUT2D eigenvalue weighted by Crippen LogP contribution is 2.36. The fraction of sp³-hybridized carbons (Fsp3) is 0.294. The Labute approximate surface area is 128 Å². The molecule has 2 aromatic rings. The molecular weight excluding hydrogens is 314 g/mol. The molecule has 0 radical (unpaired) electrons. The molecular formula is C17H18BrNO. The van der Waals surface area contributed by atoms with E-state index in [1.54, 1.807) is 6.92 Å². The molecule has 0 fully saturated rings. The summed E-state index contributed by atoms with van der Waals surface area (Å²) in [6, 6.07) is 14.8. The Bertz CT molecular complexity index is 624. The molecule has 3 heteroatoms. The van der Waals surface area contributed by atoms with Crippen LogP contribution in [0.2, 0.25) is 0 Å². The third-order valence-electron chi connectivity index (χ3n) is 3.86. The number of aryl methyl sites for hydroxylation is 1. The monoisotopic (exact) mass is 331 g/mol. The smallest absolute Gasteiger partial charge is 0.0772 e. The van der Waals surface area contributed by atoms with Crippen LogP contribution in [-0.2, 0) is 6.42 Å². The molecule has 0 unspecified atom stereocenters. The molecule has 1 atom stereocenters. The highest BCUT2D eigenvalue weighted by atomic mass is 79.9. The number of hydrogen-bond donors (Lipinski definition) is 1. The van der Waals surface area contributed by atoms with Crippen LogP contribution in [-0.4, -0.2) is 11.7 Å². The van der Waals surface area contributed by atoms with E-state index < -0.39 is 6.10 Å². The second-order valence-corrected chi connectivity index (χ2v) is 6.12. The second-order valence-electron chi connectivity index (χ2n) is 5.27. The molecule has 0 saturated carbocycles. The van der Waals surface area contributed by atoms with Crippen LogP contribution in [0.1, 0.15) is 30.6 Å². The standard InChI is InChI=1S/C17H18BrNO/c1-12(20)15-9-8-14(11-16(15)18)19-10-4-6-13-5-2-3-7-17(13)19/h2-3,5,7-9,11-12,20H,4,6,10H2,1H3/t12-/m0/s1. The minimum Gasteiger partial charge on any atom is -0.389 e. The van der Waals surface area contributed by atoms with Gasteiger partial charge < -0.3 is 10.0 Å². The van der Waals surface area contributed by atoms with Crippen molar-refractivity contribution in [3.63, 3.8) is 0 Å². The molecule has 0 bridgehead atoms. The summed E-state index contributed by atoms with van der Waals surface area (Å²) < 4.78 is 0.966. The summed E-state index contributed by atoms with van der Waals surface area (Å²) in [6.45, 7) is 2.83. The first-order valence-electron chi connectivity index (χ1n) is 7.00. The van der Waals surface area contributed by atoms with Gasteiger partial charge in [-0.2, -0.15) is 0 Å². The van der Waals surface area contributed by atoms with Crippen LogP contribution in [0.5, 0.6) is 0 Å². The maximum Gasteiger partial charge on any atom is 0.0772 e. The van der Waals surface area contributed by atoms with Gasteiger partial charge in [-0.15, -0.1) is 0 Å². The lowest BCUT2D eigenvalue weighted by atomic mass is 10.0. The first-order chi connectivity index (χ1) is 9.66. The summed E-state index contributed by atoms with van der Waals surface area (Å²) in [4.78, 5) is 2.36. The number of nitrogens with zero attached hydrogens (tertiary/aromatic N) is 1. The average Bonchev–Trinajstić information content (AvgIpc) is 2.46. The van der Waals surface area contributed by atoms with E-state index >= 15 is 0 Å². The van der Waals surface area contributed by atoms with Crippen LogP contribution in [0.3, 0.4) is 0 Å². The van der Waals surface area contributed by atoms with E-state index in [1.165, 1.54) is 23.4 Å². The van der Waals surface area contributed by atoms with Crippen LogP contribution in [0.25, 0.3) is 0 Å². The number of rotatable bonds is 2. The van der Waals surface area contributed by atoms with Gasteiger partial charge in [0.05, 0.1) is 6.10 Å². The first kappa shape index (κ1) is 13.7. The van der Waals surface area contributed by atoms with Gasteiger partial charge in [-0.3, -0.25) is 0 Å². The molecule has 0 spiro atoms. The van der Waals surface area contributed by atoms with Gasteiger partial charge in [-0.05, 0) is 49.1 Å². The number of para-hydroxylation sites is 1. The lowest BCUT2D eigenvalue weighted by Gasteiger charge is -2.31. The summed E-state index contributed by atoms with van der Waals surface area (Å²) >= 11 is 3.57. The van der Waals surface area contributed by atoms with E-state index in [1.807, 2.05) is 6.07 Å². The maximum absolute atomic E-state index is 9.72. The quantitative estimate of drug-likeness (QED) is 0.870. The summed E-state index contributed by atoms with van der Waals surface area (Å²) in [6.07, 6.45) is 1.87. The maximum atomic E-state index is 9.72. The summed E-state index contributed by atoms with van der Waals surface area (Å²) in [7, 11) is 0. The van der Waals surface area contributed by atoms with Crippen molar-refractivity contribution in [3.8, 4) is 0 Å².